The number of sulfone groups is 1. The summed E-state index contributed by atoms with van der Waals surface area (Å²) in [5.74, 6) is 0.296. The van der Waals surface area contributed by atoms with Gasteiger partial charge in [0.15, 0.2) is 9.84 Å². The highest BCUT2D eigenvalue weighted by Crippen LogP contribution is 2.28. The average Bonchev–Trinajstić information content (AvgIpc) is 2.51. The Balaban J connectivity index is 1.75. The van der Waals surface area contributed by atoms with Crippen LogP contribution in [0, 0.1) is 0 Å². The smallest absolute Gasteiger partial charge is 0.259 e. The van der Waals surface area contributed by atoms with Crippen LogP contribution < -0.4 is 10.1 Å². The molecule has 0 heterocycles. The molecule has 1 fully saturated rings. The fourth-order valence-electron chi connectivity index (χ4n) is 2.41. The molecule has 0 unspecified atom stereocenters. The van der Waals surface area contributed by atoms with Crippen LogP contribution in [0.2, 0.25) is 0 Å². The molecule has 5 nitrogen and oxygen atoms in total. The normalized spacial score (nSPS) is 14.7. The first-order valence-corrected chi connectivity index (χ1v) is 9.70. The quantitative estimate of drug-likeness (QED) is 0.903. The molecular weight excluding hydrogens is 326 g/mol. The molecule has 1 aliphatic carbocycles. The van der Waals surface area contributed by atoms with Gasteiger partial charge in [-0.05, 0) is 55.7 Å². The fraction of sp³-hybridized carbons (Fsp3) is 0.278. The molecule has 2 aromatic carbocycles. The van der Waals surface area contributed by atoms with E-state index in [0.717, 1.165) is 25.5 Å². The molecule has 0 aliphatic heterocycles. The summed E-state index contributed by atoms with van der Waals surface area (Å²) in [5, 5.41) is 2.77. The lowest BCUT2D eigenvalue weighted by Gasteiger charge is -2.27. The third-order valence-corrected chi connectivity index (χ3v) is 5.15. The van der Waals surface area contributed by atoms with Crippen molar-refractivity contribution < 1.29 is 17.9 Å². The van der Waals surface area contributed by atoms with Crippen LogP contribution in [0.25, 0.3) is 0 Å². The van der Waals surface area contributed by atoms with Crippen molar-refractivity contribution in [1.29, 1.82) is 0 Å². The maximum atomic E-state index is 12.5. The Labute approximate surface area is 141 Å². The number of amides is 1. The molecule has 24 heavy (non-hydrogen) atoms. The number of hydrogen-bond acceptors (Lipinski definition) is 4. The Bertz CT molecular complexity index is 840. The van der Waals surface area contributed by atoms with Crippen LogP contribution in [-0.2, 0) is 9.84 Å². The predicted molar refractivity (Wildman–Crippen MR) is 92.2 cm³/mol. The molecule has 1 amide bonds. The van der Waals surface area contributed by atoms with Gasteiger partial charge in [0.25, 0.3) is 5.91 Å². The van der Waals surface area contributed by atoms with Crippen LogP contribution in [-0.4, -0.2) is 26.7 Å². The highest BCUT2D eigenvalue weighted by molar-refractivity contribution is 7.90. The Morgan fingerprint density at radius 3 is 2.33 bits per heavy atom. The van der Waals surface area contributed by atoms with Crippen molar-refractivity contribution in [2.24, 2.45) is 0 Å². The molecular formula is C18H19NO4S. The number of benzene rings is 2. The molecule has 2 aromatic rings. The summed E-state index contributed by atoms with van der Waals surface area (Å²) in [4.78, 5) is 12.7. The van der Waals surface area contributed by atoms with E-state index in [1.807, 2.05) is 6.07 Å². The van der Waals surface area contributed by atoms with Gasteiger partial charge in [0, 0.05) is 11.9 Å². The molecule has 0 bridgehead atoms. The SMILES string of the molecule is CS(=O)(=O)c1ccc(NC(=O)c2ccccc2OC2CCC2)cc1. The number of rotatable bonds is 5. The van der Waals surface area contributed by atoms with E-state index in [-0.39, 0.29) is 16.9 Å². The molecule has 126 valence electrons. The minimum absolute atomic E-state index is 0.188. The Kier molecular flexibility index (Phi) is 4.57. The first-order valence-electron chi connectivity index (χ1n) is 7.80. The van der Waals surface area contributed by atoms with Gasteiger partial charge in [-0.3, -0.25) is 4.79 Å². The monoisotopic (exact) mass is 345 g/mol. The number of para-hydroxylation sites is 1. The molecule has 1 saturated carbocycles. The third-order valence-electron chi connectivity index (χ3n) is 4.02. The first-order chi connectivity index (χ1) is 11.4. The molecule has 0 saturated heterocycles. The van der Waals surface area contributed by atoms with Crippen LogP contribution in [0.3, 0.4) is 0 Å². The number of nitrogens with one attached hydrogen (secondary N) is 1. The van der Waals surface area contributed by atoms with Crippen molar-refractivity contribution in [2.45, 2.75) is 30.3 Å². The number of carbonyl (C=O) groups excluding carboxylic acids is 1. The number of hydrogen-bond donors (Lipinski definition) is 1. The van der Waals surface area contributed by atoms with Crippen molar-refractivity contribution in [3.63, 3.8) is 0 Å². The first kappa shape index (κ1) is 16.5. The topological polar surface area (TPSA) is 72.5 Å². The average molecular weight is 345 g/mol. The van der Waals surface area contributed by atoms with E-state index in [4.69, 9.17) is 4.74 Å². The Morgan fingerprint density at radius 2 is 1.75 bits per heavy atom. The van der Waals surface area contributed by atoms with Crippen molar-refractivity contribution in [2.75, 3.05) is 11.6 Å². The highest BCUT2D eigenvalue weighted by atomic mass is 32.2. The zero-order valence-corrected chi connectivity index (χ0v) is 14.2. The van der Waals surface area contributed by atoms with Crippen LogP contribution in [0.1, 0.15) is 29.6 Å². The van der Waals surface area contributed by atoms with E-state index in [2.05, 4.69) is 5.32 Å². The van der Waals surface area contributed by atoms with Crippen LogP contribution in [0.5, 0.6) is 5.75 Å². The van der Waals surface area contributed by atoms with E-state index in [0.29, 0.717) is 17.0 Å². The summed E-state index contributed by atoms with van der Waals surface area (Å²) in [6.45, 7) is 0. The van der Waals surface area contributed by atoms with Gasteiger partial charge in [-0.15, -0.1) is 0 Å². The van der Waals surface area contributed by atoms with Crippen LogP contribution >= 0.6 is 0 Å². The third kappa shape index (κ3) is 3.76. The molecule has 0 spiro atoms. The highest BCUT2D eigenvalue weighted by Gasteiger charge is 2.22. The van der Waals surface area contributed by atoms with Crippen molar-refractivity contribution in [3.05, 3.63) is 54.1 Å². The molecule has 3 rings (SSSR count). The van der Waals surface area contributed by atoms with Gasteiger partial charge in [0.05, 0.1) is 16.6 Å². The van der Waals surface area contributed by atoms with Gasteiger partial charge in [-0.25, -0.2) is 8.42 Å². The Hall–Kier alpha value is -2.34. The van der Waals surface area contributed by atoms with Gasteiger partial charge in [0.2, 0.25) is 0 Å². The zero-order valence-electron chi connectivity index (χ0n) is 13.4. The van der Waals surface area contributed by atoms with Crippen molar-refractivity contribution >= 4 is 21.4 Å². The van der Waals surface area contributed by atoms with Gasteiger partial charge < -0.3 is 10.1 Å². The second kappa shape index (κ2) is 6.65. The van der Waals surface area contributed by atoms with E-state index >= 15 is 0 Å². The maximum Gasteiger partial charge on any atom is 0.259 e. The number of ether oxygens (including phenoxy) is 1. The largest absolute Gasteiger partial charge is 0.490 e. The van der Waals surface area contributed by atoms with Gasteiger partial charge in [-0.2, -0.15) is 0 Å². The lowest BCUT2D eigenvalue weighted by Crippen LogP contribution is -2.26. The maximum absolute atomic E-state index is 12.5. The number of anilines is 1. The van der Waals surface area contributed by atoms with Crippen molar-refractivity contribution in [1.82, 2.24) is 0 Å². The van der Waals surface area contributed by atoms with Gasteiger partial charge in [0.1, 0.15) is 5.75 Å². The minimum Gasteiger partial charge on any atom is -0.490 e. The molecule has 6 heteroatoms. The summed E-state index contributed by atoms with van der Waals surface area (Å²) in [7, 11) is -3.25. The van der Waals surface area contributed by atoms with E-state index < -0.39 is 9.84 Å². The van der Waals surface area contributed by atoms with E-state index in [1.54, 1.807) is 30.3 Å². The van der Waals surface area contributed by atoms with E-state index in [9.17, 15) is 13.2 Å². The summed E-state index contributed by atoms with van der Waals surface area (Å²) in [5.41, 5.74) is 1.00. The van der Waals surface area contributed by atoms with Crippen LogP contribution in [0.4, 0.5) is 5.69 Å². The van der Waals surface area contributed by atoms with Gasteiger partial charge in [-0.1, -0.05) is 12.1 Å². The second-order valence-corrected chi connectivity index (χ2v) is 7.93. The zero-order chi connectivity index (χ0) is 17.2. The molecule has 0 atom stereocenters. The van der Waals surface area contributed by atoms with Gasteiger partial charge >= 0.3 is 0 Å². The minimum atomic E-state index is -3.25. The second-order valence-electron chi connectivity index (χ2n) is 5.92. The summed E-state index contributed by atoms with van der Waals surface area (Å²) in [6.07, 6.45) is 4.53. The molecule has 0 aromatic heterocycles. The summed E-state index contributed by atoms with van der Waals surface area (Å²) >= 11 is 0. The predicted octanol–water partition coefficient (Wildman–Crippen LogP) is 3.27. The standard InChI is InChI=1S/C18H19NO4S/c1-24(21,22)15-11-9-13(10-12-15)19-18(20)16-7-2-3-8-17(16)23-14-5-4-6-14/h2-3,7-12,14H,4-6H2,1H3,(H,19,20). The molecule has 1 aliphatic rings. The number of carbonyl (C=O) groups is 1. The Morgan fingerprint density at radius 1 is 1.08 bits per heavy atom. The lowest BCUT2D eigenvalue weighted by molar-refractivity contribution is 0.0992. The summed E-state index contributed by atoms with van der Waals surface area (Å²) < 4.78 is 28.8. The molecule has 0 radical (unpaired) electrons. The van der Waals surface area contributed by atoms with Crippen molar-refractivity contribution in [3.8, 4) is 5.75 Å². The molecule has 1 N–H and O–H groups in total. The lowest BCUT2D eigenvalue weighted by atomic mass is 9.96. The summed E-state index contributed by atoms with van der Waals surface area (Å²) in [6, 6.07) is 13.2. The fourth-order valence-corrected chi connectivity index (χ4v) is 3.04. The van der Waals surface area contributed by atoms with E-state index in [1.165, 1.54) is 12.1 Å². The van der Waals surface area contributed by atoms with Crippen LogP contribution in [0.15, 0.2) is 53.4 Å².